The summed E-state index contributed by atoms with van der Waals surface area (Å²) in [6.45, 7) is 5.45. The lowest BCUT2D eigenvalue weighted by molar-refractivity contribution is -0.126. The third kappa shape index (κ3) is 5.11. The number of methoxy groups -OCH3 is 1. The molecule has 1 fully saturated rings. The fourth-order valence-electron chi connectivity index (χ4n) is 4.25. The number of piperazine rings is 1. The normalized spacial score (nSPS) is 15.4. The zero-order valence-electron chi connectivity index (χ0n) is 18.8. The van der Waals surface area contributed by atoms with Crippen LogP contribution in [0.2, 0.25) is 0 Å². The van der Waals surface area contributed by atoms with E-state index in [9.17, 15) is 4.79 Å². The molecule has 0 aliphatic carbocycles. The number of nitrogens with one attached hydrogen (secondary N) is 1. The van der Waals surface area contributed by atoms with E-state index in [0.717, 1.165) is 48.7 Å². The molecule has 1 atom stereocenters. The average molecular weight is 430 g/mol. The van der Waals surface area contributed by atoms with Crippen molar-refractivity contribution in [2.24, 2.45) is 0 Å². The highest BCUT2D eigenvalue weighted by molar-refractivity contribution is 5.82. The second kappa shape index (κ2) is 10.3. The van der Waals surface area contributed by atoms with Gasteiger partial charge >= 0.3 is 0 Å². The zero-order valence-corrected chi connectivity index (χ0v) is 18.8. The first-order valence-electron chi connectivity index (χ1n) is 11.2. The second-order valence-electron chi connectivity index (χ2n) is 8.16. The Balaban J connectivity index is 1.40. The number of benzene rings is 3. The summed E-state index contributed by atoms with van der Waals surface area (Å²) in [5, 5.41) is 3.29. The van der Waals surface area contributed by atoms with Crippen molar-refractivity contribution in [2.75, 3.05) is 38.2 Å². The highest BCUT2D eigenvalue weighted by atomic mass is 16.5. The largest absolute Gasteiger partial charge is 0.497 e. The van der Waals surface area contributed by atoms with Gasteiger partial charge in [0.25, 0.3) is 0 Å². The Morgan fingerprint density at radius 1 is 0.844 bits per heavy atom. The Kier molecular flexibility index (Phi) is 7.07. The molecule has 3 aromatic carbocycles. The molecule has 5 heteroatoms. The Morgan fingerprint density at radius 3 is 2.00 bits per heavy atom. The number of nitrogens with zero attached hydrogens (tertiary/aromatic N) is 2. The van der Waals surface area contributed by atoms with Gasteiger partial charge in [-0.1, -0.05) is 66.7 Å². The molecule has 0 saturated carbocycles. The fraction of sp³-hybridized carbons (Fsp3) is 0.296. The average Bonchev–Trinajstić information content (AvgIpc) is 2.88. The summed E-state index contributed by atoms with van der Waals surface area (Å²) in [7, 11) is 1.69. The van der Waals surface area contributed by atoms with Crippen LogP contribution in [0.1, 0.15) is 24.1 Å². The lowest BCUT2D eigenvalue weighted by Crippen LogP contribution is -2.54. The monoisotopic (exact) mass is 429 g/mol. The first-order valence-corrected chi connectivity index (χ1v) is 11.2. The first-order chi connectivity index (χ1) is 15.7. The lowest BCUT2D eigenvalue weighted by Gasteiger charge is -2.39. The van der Waals surface area contributed by atoms with Crippen LogP contribution >= 0.6 is 0 Å². The second-order valence-corrected chi connectivity index (χ2v) is 8.16. The maximum atomic E-state index is 13.3. The van der Waals surface area contributed by atoms with Crippen LogP contribution in [0.25, 0.3) is 0 Å². The molecule has 1 saturated heterocycles. The molecule has 1 N–H and O–H groups in total. The fourth-order valence-corrected chi connectivity index (χ4v) is 4.25. The van der Waals surface area contributed by atoms with Crippen LogP contribution in [0, 0.1) is 0 Å². The van der Waals surface area contributed by atoms with Gasteiger partial charge in [-0.15, -0.1) is 0 Å². The van der Waals surface area contributed by atoms with Gasteiger partial charge < -0.3 is 15.0 Å². The molecule has 0 unspecified atom stereocenters. The smallest absolute Gasteiger partial charge is 0.237 e. The van der Waals surface area contributed by atoms with Crippen LogP contribution in [0.5, 0.6) is 5.75 Å². The van der Waals surface area contributed by atoms with Crippen LogP contribution in [0.15, 0.2) is 84.9 Å². The Bertz CT molecular complexity index is 962. The van der Waals surface area contributed by atoms with Gasteiger partial charge in [0.05, 0.1) is 19.2 Å². The van der Waals surface area contributed by atoms with E-state index >= 15 is 0 Å². The van der Waals surface area contributed by atoms with Crippen molar-refractivity contribution in [3.05, 3.63) is 96.1 Å². The molecule has 5 nitrogen and oxygen atoms in total. The molecule has 32 heavy (non-hydrogen) atoms. The van der Waals surface area contributed by atoms with Crippen molar-refractivity contribution in [2.45, 2.75) is 19.0 Å². The SMILES string of the molecule is COc1cccc(N2CCN([C@H](C)C(=O)NC(c3ccccc3)c3ccccc3)CC2)c1. The summed E-state index contributed by atoms with van der Waals surface area (Å²) in [6.07, 6.45) is 0. The van der Waals surface area contributed by atoms with Gasteiger partial charge in [0.15, 0.2) is 0 Å². The van der Waals surface area contributed by atoms with E-state index in [2.05, 4.69) is 51.5 Å². The quantitative estimate of drug-likeness (QED) is 0.614. The third-order valence-electron chi connectivity index (χ3n) is 6.21. The molecule has 1 aliphatic heterocycles. The van der Waals surface area contributed by atoms with Crippen molar-refractivity contribution in [1.82, 2.24) is 10.2 Å². The minimum atomic E-state index is -0.197. The van der Waals surface area contributed by atoms with Crippen LogP contribution in [-0.4, -0.2) is 50.1 Å². The molecule has 0 spiro atoms. The molecule has 3 aromatic rings. The van der Waals surface area contributed by atoms with Crippen molar-refractivity contribution >= 4 is 11.6 Å². The Hall–Kier alpha value is -3.31. The van der Waals surface area contributed by atoms with Gasteiger partial charge in [-0.3, -0.25) is 9.69 Å². The summed E-state index contributed by atoms with van der Waals surface area (Å²) < 4.78 is 5.36. The molecule has 1 heterocycles. The third-order valence-corrected chi connectivity index (χ3v) is 6.21. The van der Waals surface area contributed by atoms with Crippen LogP contribution < -0.4 is 15.0 Å². The summed E-state index contributed by atoms with van der Waals surface area (Å²) in [5.74, 6) is 0.920. The zero-order chi connectivity index (χ0) is 22.3. The highest BCUT2D eigenvalue weighted by Gasteiger charge is 2.28. The highest BCUT2D eigenvalue weighted by Crippen LogP contribution is 2.24. The summed E-state index contributed by atoms with van der Waals surface area (Å²) >= 11 is 0. The molecule has 166 valence electrons. The molecule has 4 rings (SSSR count). The number of hydrogen-bond donors (Lipinski definition) is 1. The topological polar surface area (TPSA) is 44.8 Å². The van der Waals surface area contributed by atoms with Crippen molar-refractivity contribution in [3.63, 3.8) is 0 Å². The molecule has 0 bridgehead atoms. The molecule has 1 aliphatic rings. The van der Waals surface area contributed by atoms with E-state index in [1.54, 1.807) is 7.11 Å². The minimum Gasteiger partial charge on any atom is -0.497 e. The minimum absolute atomic E-state index is 0.0533. The van der Waals surface area contributed by atoms with Crippen molar-refractivity contribution < 1.29 is 9.53 Å². The number of ether oxygens (including phenoxy) is 1. The molecule has 0 aromatic heterocycles. The maximum Gasteiger partial charge on any atom is 0.237 e. The predicted octanol–water partition coefficient (Wildman–Crippen LogP) is 4.11. The van der Waals surface area contributed by atoms with Gasteiger partial charge in [-0.2, -0.15) is 0 Å². The van der Waals surface area contributed by atoms with Crippen LogP contribution in [0.4, 0.5) is 5.69 Å². The van der Waals surface area contributed by atoms with E-state index < -0.39 is 0 Å². The summed E-state index contributed by atoms with van der Waals surface area (Å²) in [5.41, 5.74) is 3.33. The molecule has 0 radical (unpaired) electrons. The van der Waals surface area contributed by atoms with Gasteiger partial charge in [-0.25, -0.2) is 0 Å². The van der Waals surface area contributed by atoms with Gasteiger partial charge in [0, 0.05) is 37.9 Å². The number of amides is 1. The van der Waals surface area contributed by atoms with E-state index in [0.29, 0.717) is 0 Å². The Labute approximate surface area is 190 Å². The van der Waals surface area contributed by atoms with E-state index in [1.165, 1.54) is 0 Å². The summed E-state index contributed by atoms with van der Waals surface area (Å²) in [6, 6.07) is 28.1. The van der Waals surface area contributed by atoms with E-state index in [-0.39, 0.29) is 18.0 Å². The number of anilines is 1. The van der Waals surface area contributed by atoms with E-state index in [4.69, 9.17) is 4.74 Å². The molecular formula is C27H31N3O2. The van der Waals surface area contributed by atoms with Gasteiger partial charge in [-0.05, 0) is 30.2 Å². The Morgan fingerprint density at radius 2 is 1.44 bits per heavy atom. The van der Waals surface area contributed by atoms with Crippen molar-refractivity contribution in [1.29, 1.82) is 0 Å². The number of rotatable bonds is 7. The lowest BCUT2D eigenvalue weighted by atomic mass is 9.98. The molecule has 1 amide bonds. The van der Waals surface area contributed by atoms with Crippen LogP contribution in [0.3, 0.4) is 0 Å². The van der Waals surface area contributed by atoms with Crippen molar-refractivity contribution in [3.8, 4) is 5.75 Å². The number of carbonyl (C=O) groups excluding carboxylic acids is 1. The van der Waals surface area contributed by atoms with E-state index in [1.807, 2.05) is 55.5 Å². The first kappa shape index (κ1) is 21.9. The van der Waals surface area contributed by atoms with Gasteiger partial charge in [0.1, 0.15) is 5.75 Å². The summed E-state index contributed by atoms with van der Waals surface area (Å²) in [4.78, 5) is 17.9. The number of hydrogen-bond acceptors (Lipinski definition) is 4. The molecular weight excluding hydrogens is 398 g/mol. The predicted molar refractivity (Wildman–Crippen MR) is 129 cm³/mol. The van der Waals surface area contributed by atoms with Gasteiger partial charge in [0.2, 0.25) is 5.91 Å². The standard InChI is InChI=1S/C27H31N3O2/c1-21(29-16-18-30(19-17-29)24-14-9-15-25(20-24)32-2)27(31)28-26(22-10-5-3-6-11-22)23-12-7-4-8-13-23/h3-15,20-21,26H,16-19H2,1-2H3,(H,28,31)/t21-/m1/s1. The number of carbonyl (C=O) groups is 1. The van der Waals surface area contributed by atoms with Crippen LogP contribution in [-0.2, 0) is 4.79 Å². The maximum absolute atomic E-state index is 13.3.